The Balaban J connectivity index is 3.01. The summed E-state index contributed by atoms with van der Waals surface area (Å²) in [6.45, 7) is 1.83. The van der Waals surface area contributed by atoms with Crippen LogP contribution in [-0.4, -0.2) is 15.0 Å². The lowest BCUT2D eigenvalue weighted by molar-refractivity contribution is 0.322. The molecule has 0 fully saturated rings. The topological polar surface area (TPSA) is 43.4 Å². The first-order chi connectivity index (χ1) is 4.13. The number of rotatable bonds is 0. The van der Waals surface area contributed by atoms with Crippen molar-refractivity contribution in [2.45, 2.75) is 13.3 Å². The standard InChI is InChI=1S/C5H8O3S/c1-5-3-2-4-8-9(5,6)7/h3H,2,4H2,1H3. The lowest BCUT2D eigenvalue weighted by Gasteiger charge is -2.08. The zero-order valence-corrected chi connectivity index (χ0v) is 5.94. The maximum atomic E-state index is 10.7. The van der Waals surface area contributed by atoms with Gasteiger partial charge in [-0.3, -0.25) is 4.18 Å². The summed E-state index contributed by atoms with van der Waals surface area (Å²) >= 11 is 0. The van der Waals surface area contributed by atoms with E-state index in [2.05, 4.69) is 4.18 Å². The lowest BCUT2D eigenvalue weighted by Crippen LogP contribution is -2.11. The fourth-order valence-corrected chi connectivity index (χ4v) is 1.44. The summed E-state index contributed by atoms with van der Waals surface area (Å²) in [5.74, 6) is 0. The van der Waals surface area contributed by atoms with E-state index < -0.39 is 10.1 Å². The van der Waals surface area contributed by atoms with Gasteiger partial charge in [-0.05, 0) is 13.3 Å². The zero-order valence-electron chi connectivity index (χ0n) is 5.12. The molecule has 52 valence electrons. The van der Waals surface area contributed by atoms with Gasteiger partial charge < -0.3 is 0 Å². The van der Waals surface area contributed by atoms with Gasteiger partial charge in [0.05, 0.1) is 11.5 Å². The highest BCUT2D eigenvalue weighted by Gasteiger charge is 2.16. The van der Waals surface area contributed by atoms with Crippen LogP contribution in [0.4, 0.5) is 0 Å². The monoisotopic (exact) mass is 148 g/mol. The van der Waals surface area contributed by atoms with Crippen LogP contribution in [0.1, 0.15) is 13.3 Å². The molecule has 0 unspecified atom stereocenters. The third-order valence-corrected chi connectivity index (χ3v) is 2.61. The van der Waals surface area contributed by atoms with Gasteiger partial charge in [-0.1, -0.05) is 6.08 Å². The molecule has 0 aromatic heterocycles. The molecule has 9 heavy (non-hydrogen) atoms. The van der Waals surface area contributed by atoms with Gasteiger partial charge in [-0.25, -0.2) is 0 Å². The van der Waals surface area contributed by atoms with Crippen molar-refractivity contribution >= 4 is 10.1 Å². The molecule has 0 aromatic rings. The highest BCUT2D eigenvalue weighted by molar-refractivity contribution is 7.90. The molecule has 0 amide bonds. The molecule has 1 aliphatic heterocycles. The van der Waals surface area contributed by atoms with Crippen LogP contribution >= 0.6 is 0 Å². The van der Waals surface area contributed by atoms with Gasteiger partial charge >= 0.3 is 0 Å². The van der Waals surface area contributed by atoms with Gasteiger partial charge in [-0.15, -0.1) is 0 Å². The second-order valence-electron chi connectivity index (χ2n) is 1.88. The number of hydrogen-bond acceptors (Lipinski definition) is 3. The Labute approximate surface area is 54.5 Å². The van der Waals surface area contributed by atoms with Crippen LogP contribution in [0.25, 0.3) is 0 Å². The van der Waals surface area contributed by atoms with Gasteiger partial charge in [0.2, 0.25) is 0 Å². The summed E-state index contributed by atoms with van der Waals surface area (Å²) in [6, 6.07) is 0. The maximum absolute atomic E-state index is 10.7. The molecule has 0 saturated carbocycles. The van der Waals surface area contributed by atoms with Crippen LogP contribution in [0, 0.1) is 0 Å². The van der Waals surface area contributed by atoms with Crippen LogP contribution in [-0.2, 0) is 14.3 Å². The average Bonchev–Trinajstić information content (AvgIpc) is 1.77. The maximum Gasteiger partial charge on any atom is 0.292 e. The molecular formula is C5H8O3S. The van der Waals surface area contributed by atoms with Crippen molar-refractivity contribution in [2.75, 3.05) is 6.61 Å². The second-order valence-corrected chi connectivity index (χ2v) is 3.67. The molecule has 0 N–H and O–H groups in total. The molecule has 0 aromatic carbocycles. The Bertz CT molecular complexity index is 225. The third-order valence-electron chi connectivity index (χ3n) is 1.18. The van der Waals surface area contributed by atoms with E-state index in [0.29, 0.717) is 17.9 Å². The summed E-state index contributed by atoms with van der Waals surface area (Å²) in [6.07, 6.45) is 2.36. The van der Waals surface area contributed by atoms with Crippen molar-refractivity contribution < 1.29 is 12.6 Å². The smallest absolute Gasteiger partial charge is 0.266 e. The van der Waals surface area contributed by atoms with Gasteiger partial charge in [0.25, 0.3) is 10.1 Å². The molecule has 3 nitrogen and oxygen atoms in total. The number of allylic oxidation sites excluding steroid dienone is 1. The van der Waals surface area contributed by atoms with Crippen molar-refractivity contribution in [3.8, 4) is 0 Å². The molecule has 1 heterocycles. The molecule has 0 spiro atoms. The summed E-state index contributed by atoms with van der Waals surface area (Å²) in [7, 11) is -3.30. The minimum absolute atomic E-state index is 0.291. The highest BCUT2D eigenvalue weighted by atomic mass is 32.2. The van der Waals surface area contributed by atoms with Crippen LogP contribution in [0.2, 0.25) is 0 Å². The van der Waals surface area contributed by atoms with Crippen molar-refractivity contribution in [1.29, 1.82) is 0 Å². The van der Waals surface area contributed by atoms with Crippen LogP contribution < -0.4 is 0 Å². The van der Waals surface area contributed by atoms with E-state index in [1.807, 2.05) is 0 Å². The van der Waals surface area contributed by atoms with Crippen LogP contribution in [0.5, 0.6) is 0 Å². The van der Waals surface area contributed by atoms with Crippen molar-refractivity contribution in [2.24, 2.45) is 0 Å². The van der Waals surface area contributed by atoms with E-state index in [9.17, 15) is 8.42 Å². The summed E-state index contributed by atoms with van der Waals surface area (Å²) in [5, 5.41) is 0. The largest absolute Gasteiger partial charge is 0.292 e. The fourth-order valence-electron chi connectivity index (χ4n) is 0.615. The normalized spacial score (nSPS) is 25.2. The predicted molar refractivity (Wildman–Crippen MR) is 33.2 cm³/mol. The quantitative estimate of drug-likeness (QED) is 0.473. The van der Waals surface area contributed by atoms with Crippen LogP contribution in [0.15, 0.2) is 11.0 Å². The molecule has 1 aliphatic rings. The van der Waals surface area contributed by atoms with E-state index in [1.54, 1.807) is 6.08 Å². The minimum Gasteiger partial charge on any atom is -0.266 e. The SMILES string of the molecule is CC1=CCCOS1(=O)=O. The van der Waals surface area contributed by atoms with Crippen molar-refractivity contribution in [1.82, 2.24) is 0 Å². The molecular weight excluding hydrogens is 140 g/mol. The number of hydrogen-bond donors (Lipinski definition) is 0. The van der Waals surface area contributed by atoms with Crippen LogP contribution in [0.3, 0.4) is 0 Å². The summed E-state index contributed by atoms with van der Waals surface area (Å²) in [5.41, 5.74) is 0. The van der Waals surface area contributed by atoms with Gasteiger partial charge in [-0.2, -0.15) is 8.42 Å². The van der Waals surface area contributed by atoms with Crippen molar-refractivity contribution in [3.05, 3.63) is 11.0 Å². The zero-order chi connectivity index (χ0) is 6.91. The molecule has 4 heteroatoms. The molecule has 0 aliphatic carbocycles. The Morgan fingerprint density at radius 1 is 1.67 bits per heavy atom. The van der Waals surface area contributed by atoms with Gasteiger partial charge in [0.1, 0.15) is 0 Å². The minimum atomic E-state index is -3.30. The Morgan fingerprint density at radius 2 is 2.33 bits per heavy atom. The molecule has 0 saturated heterocycles. The fraction of sp³-hybridized carbons (Fsp3) is 0.600. The third kappa shape index (κ3) is 1.31. The highest BCUT2D eigenvalue weighted by Crippen LogP contribution is 2.13. The molecule has 0 atom stereocenters. The van der Waals surface area contributed by atoms with E-state index >= 15 is 0 Å². The first kappa shape index (κ1) is 6.77. The average molecular weight is 148 g/mol. The van der Waals surface area contributed by atoms with Gasteiger partial charge in [0.15, 0.2) is 0 Å². The summed E-state index contributed by atoms with van der Waals surface area (Å²) < 4.78 is 25.9. The second kappa shape index (κ2) is 2.11. The first-order valence-electron chi connectivity index (χ1n) is 2.69. The van der Waals surface area contributed by atoms with Crippen molar-refractivity contribution in [3.63, 3.8) is 0 Å². The van der Waals surface area contributed by atoms with E-state index in [4.69, 9.17) is 0 Å². The van der Waals surface area contributed by atoms with E-state index in [0.717, 1.165) is 0 Å². The Kier molecular flexibility index (Phi) is 1.59. The summed E-state index contributed by atoms with van der Waals surface area (Å²) in [4.78, 5) is 0.328. The Morgan fingerprint density at radius 3 is 2.67 bits per heavy atom. The van der Waals surface area contributed by atoms with E-state index in [-0.39, 0.29) is 0 Å². The molecule has 0 radical (unpaired) electrons. The van der Waals surface area contributed by atoms with E-state index in [1.165, 1.54) is 6.92 Å². The lowest BCUT2D eigenvalue weighted by atomic mass is 10.4. The Hall–Kier alpha value is -0.350. The first-order valence-corrected chi connectivity index (χ1v) is 4.10. The van der Waals surface area contributed by atoms with Gasteiger partial charge in [0, 0.05) is 0 Å². The molecule has 0 bridgehead atoms. The predicted octanol–water partition coefficient (Wildman–Crippen LogP) is 0.640. The molecule has 1 rings (SSSR count).